The molecule has 1 fully saturated rings. The predicted octanol–water partition coefficient (Wildman–Crippen LogP) is 3.03. The number of carbonyl (C=O) groups excluding carboxylic acids is 1. The molecule has 1 aliphatic rings. The first-order valence-corrected chi connectivity index (χ1v) is 7.60. The van der Waals surface area contributed by atoms with Gasteiger partial charge in [-0.2, -0.15) is 0 Å². The molecule has 1 aliphatic heterocycles. The Bertz CT molecular complexity index is 480. The van der Waals surface area contributed by atoms with Crippen molar-refractivity contribution in [1.82, 2.24) is 4.90 Å². The van der Waals surface area contributed by atoms with Crippen molar-refractivity contribution >= 4 is 5.91 Å². The molecule has 1 aromatic rings. The van der Waals surface area contributed by atoms with Crippen LogP contribution in [-0.2, 0) is 4.79 Å². The summed E-state index contributed by atoms with van der Waals surface area (Å²) in [6, 6.07) is 8.61. The molecule has 0 spiro atoms. The lowest BCUT2D eigenvalue weighted by Gasteiger charge is -2.34. The van der Waals surface area contributed by atoms with Crippen molar-refractivity contribution in [2.75, 3.05) is 13.1 Å². The fraction of sp³-hybridized carbons (Fsp3) is 0.588. The van der Waals surface area contributed by atoms with Crippen molar-refractivity contribution in [3.63, 3.8) is 0 Å². The van der Waals surface area contributed by atoms with Gasteiger partial charge in [-0.15, -0.1) is 0 Å². The topological polar surface area (TPSA) is 46.3 Å². The van der Waals surface area contributed by atoms with E-state index in [0.717, 1.165) is 25.8 Å². The largest absolute Gasteiger partial charge is 0.335 e. The molecule has 3 heteroatoms. The van der Waals surface area contributed by atoms with Gasteiger partial charge in [0, 0.05) is 13.1 Å². The minimum atomic E-state index is -0.425. The number of rotatable bonds is 4. The number of nitrogens with zero attached hydrogens (tertiary/aromatic N) is 1. The lowest BCUT2D eigenvalue weighted by molar-refractivity contribution is -0.142. The molecule has 1 aromatic carbocycles. The van der Waals surface area contributed by atoms with E-state index in [2.05, 4.69) is 36.1 Å². The van der Waals surface area contributed by atoms with E-state index >= 15 is 0 Å². The highest BCUT2D eigenvalue weighted by atomic mass is 16.2. The van der Waals surface area contributed by atoms with Crippen LogP contribution < -0.4 is 5.73 Å². The lowest BCUT2D eigenvalue weighted by Crippen LogP contribution is -2.45. The van der Waals surface area contributed by atoms with E-state index in [-0.39, 0.29) is 11.9 Å². The average molecular weight is 274 g/mol. The fourth-order valence-corrected chi connectivity index (χ4v) is 3.02. The van der Waals surface area contributed by atoms with Crippen molar-refractivity contribution in [3.05, 3.63) is 35.4 Å². The van der Waals surface area contributed by atoms with Gasteiger partial charge in [-0.25, -0.2) is 0 Å². The van der Waals surface area contributed by atoms with Gasteiger partial charge in [0.05, 0.1) is 11.5 Å². The molecule has 1 heterocycles. The van der Waals surface area contributed by atoms with E-state index in [1.165, 1.54) is 11.1 Å². The maximum absolute atomic E-state index is 12.9. The first-order valence-electron chi connectivity index (χ1n) is 7.60. The second-order valence-corrected chi connectivity index (χ2v) is 6.13. The number of hydrogen-bond donors (Lipinski definition) is 1. The summed E-state index contributed by atoms with van der Waals surface area (Å²) in [5.41, 5.74) is 7.98. The molecule has 3 nitrogen and oxygen atoms in total. The zero-order valence-electron chi connectivity index (χ0n) is 12.9. The highest BCUT2D eigenvalue weighted by Crippen LogP contribution is 2.37. The number of hydrogen-bond acceptors (Lipinski definition) is 2. The molecule has 1 amide bonds. The first kappa shape index (κ1) is 15.0. The molecule has 0 radical (unpaired) electrons. The van der Waals surface area contributed by atoms with Crippen molar-refractivity contribution in [1.29, 1.82) is 0 Å². The summed E-state index contributed by atoms with van der Waals surface area (Å²) < 4.78 is 0. The average Bonchev–Trinajstić information content (AvgIpc) is 2.95. The van der Waals surface area contributed by atoms with Gasteiger partial charge < -0.3 is 10.6 Å². The molecule has 2 N–H and O–H groups in total. The minimum absolute atomic E-state index is 0.216. The van der Waals surface area contributed by atoms with Crippen LogP contribution in [0, 0.1) is 12.3 Å². The van der Waals surface area contributed by atoms with Crippen molar-refractivity contribution in [2.24, 2.45) is 11.1 Å². The molecule has 2 rings (SSSR count). The van der Waals surface area contributed by atoms with Crippen LogP contribution in [0.2, 0.25) is 0 Å². The van der Waals surface area contributed by atoms with Gasteiger partial charge in [-0.3, -0.25) is 4.79 Å². The summed E-state index contributed by atoms with van der Waals surface area (Å²) in [5.74, 6) is 0.216. The van der Waals surface area contributed by atoms with Gasteiger partial charge in [-0.05, 0) is 44.2 Å². The fourth-order valence-electron chi connectivity index (χ4n) is 3.02. The monoisotopic (exact) mass is 274 g/mol. The molecule has 0 aromatic heterocycles. The van der Waals surface area contributed by atoms with Crippen LogP contribution in [-0.4, -0.2) is 23.9 Å². The van der Waals surface area contributed by atoms with Gasteiger partial charge in [-0.1, -0.05) is 31.2 Å². The van der Waals surface area contributed by atoms with Crippen LogP contribution in [0.3, 0.4) is 0 Å². The second-order valence-electron chi connectivity index (χ2n) is 6.13. The zero-order chi connectivity index (χ0) is 14.8. The highest BCUT2D eigenvalue weighted by molar-refractivity contribution is 5.83. The van der Waals surface area contributed by atoms with Crippen LogP contribution in [0.1, 0.15) is 50.3 Å². The SMILES string of the molecule is CCC(C)(CN)C(=O)N1CCCC1c1ccccc1C. The summed E-state index contributed by atoms with van der Waals surface area (Å²) >= 11 is 0. The molecule has 2 unspecified atom stereocenters. The number of aryl methyl sites for hydroxylation is 1. The van der Waals surface area contributed by atoms with Gasteiger partial charge >= 0.3 is 0 Å². The minimum Gasteiger partial charge on any atom is -0.335 e. The van der Waals surface area contributed by atoms with Gasteiger partial charge in [0.1, 0.15) is 0 Å². The summed E-state index contributed by atoms with van der Waals surface area (Å²) in [4.78, 5) is 14.9. The molecule has 20 heavy (non-hydrogen) atoms. The van der Waals surface area contributed by atoms with Crippen LogP contribution in [0.15, 0.2) is 24.3 Å². The second kappa shape index (κ2) is 5.96. The highest BCUT2D eigenvalue weighted by Gasteiger charge is 2.39. The number of nitrogens with two attached hydrogens (primary N) is 1. The predicted molar refractivity (Wildman–Crippen MR) is 82.3 cm³/mol. The van der Waals surface area contributed by atoms with Crippen LogP contribution in [0.5, 0.6) is 0 Å². The smallest absolute Gasteiger partial charge is 0.230 e. The molecule has 1 saturated heterocycles. The Labute approximate surface area is 122 Å². The van der Waals surface area contributed by atoms with Gasteiger partial charge in [0.15, 0.2) is 0 Å². The number of benzene rings is 1. The summed E-state index contributed by atoms with van der Waals surface area (Å²) in [6.07, 6.45) is 2.93. The van der Waals surface area contributed by atoms with Crippen LogP contribution in [0.25, 0.3) is 0 Å². The third kappa shape index (κ3) is 2.59. The quantitative estimate of drug-likeness (QED) is 0.917. The molecule has 0 aliphatic carbocycles. The maximum Gasteiger partial charge on any atom is 0.230 e. The van der Waals surface area contributed by atoms with E-state index in [1.54, 1.807) is 0 Å². The van der Waals surface area contributed by atoms with E-state index in [1.807, 2.05) is 13.8 Å². The summed E-state index contributed by atoms with van der Waals surface area (Å²) in [5, 5.41) is 0. The molecular weight excluding hydrogens is 248 g/mol. The van der Waals surface area contributed by atoms with Crippen molar-refractivity contribution in [3.8, 4) is 0 Å². The van der Waals surface area contributed by atoms with Crippen molar-refractivity contribution < 1.29 is 4.79 Å². The molecular formula is C17H26N2O. The van der Waals surface area contributed by atoms with Crippen LogP contribution >= 0.6 is 0 Å². The third-order valence-electron chi connectivity index (χ3n) is 4.81. The molecule has 110 valence electrons. The molecule has 0 bridgehead atoms. The summed E-state index contributed by atoms with van der Waals surface area (Å²) in [7, 11) is 0. The Morgan fingerprint density at radius 2 is 2.15 bits per heavy atom. The lowest BCUT2D eigenvalue weighted by atomic mass is 9.85. The Morgan fingerprint density at radius 1 is 1.45 bits per heavy atom. The number of amides is 1. The third-order valence-corrected chi connectivity index (χ3v) is 4.81. The van der Waals surface area contributed by atoms with E-state index in [9.17, 15) is 4.79 Å². The van der Waals surface area contributed by atoms with E-state index in [4.69, 9.17) is 5.73 Å². The maximum atomic E-state index is 12.9. The molecule has 0 saturated carbocycles. The van der Waals surface area contributed by atoms with Crippen molar-refractivity contribution in [2.45, 2.75) is 46.1 Å². The normalized spacial score (nSPS) is 21.8. The van der Waals surface area contributed by atoms with Gasteiger partial charge in [0.2, 0.25) is 5.91 Å². The Kier molecular flexibility index (Phi) is 4.48. The van der Waals surface area contributed by atoms with Gasteiger partial charge in [0.25, 0.3) is 0 Å². The number of carbonyl (C=O) groups is 1. The Balaban J connectivity index is 2.28. The molecule has 2 atom stereocenters. The van der Waals surface area contributed by atoms with E-state index < -0.39 is 5.41 Å². The summed E-state index contributed by atoms with van der Waals surface area (Å²) in [6.45, 7) is 7.43. The first-order chi connectivity index (χ1) is 9.53. The Morgan fingerprint density at radius 3 is 2.75 bits per heavy atom. The van der Waals surface area contributed by atoms with Crippen LogP contribution in [0.4, 0.5) is 0 Å². The Hall–Kier alpha value is -1.35. The van der Waals surface area contributed by atoms with E-state index in [0.29, 0.717) is 6.54 Å². The zero-order valence-corrected chi connectivity index (χ0v) is 12.9. The number of likely N-dealkylation sites (tertiary alicyclic amines) is 1. The standard InChI is InChI=1S/C17H26N2O/c1-4-17(3,12-18)16(20)19-11-7-10-15(19)14-9-6-5-8-13(14)2/h5-6,8-9,15H,4,7,10-12,18H2,1-3H3.